The van der Waals surface area contributed by atoms with Gasteiger partial charge < -0.3 is 15.0 Å². The van der Waals surface area contributed by atoms with Crippen LogP contribution in [0.4, 0.5) is 0 Å². The van der Waals surface area contributed by atoms with Gasteiger partial charge in [-0.3, -0.25) is 4.79 Å². The molecule has 0 bridgehead atoms. The minimum atomic E-state index is -0.00452. The van der Waals surface area contributed by atoms with E-state index in [0.717, 1.165) is 13.1 Å². The number of likely N-dealkylation sites (tertiary alicyclic amines) is 1. The van der Waals surface area contributed by atoms with Crippen molar-refractivity contribution in [2.24, 2.45) is 5.92 Å². The molecular weight excluding hydrogens is 204 g/mol. The second-order valence-electron chi connectivity index (χ2n) is 4.55. The third kappa shape index (κ3) is 5.47. The number of rotatable bonds is 7. The molecule has 1 fully saturated rings. The van der Waals surface area contributed by atoms with E-state index in [1.807, 2.05) is 6.92 Å². The van der Waals surface area contributed by atoms with Gasteiger partial charge in [-0.05, 0) is 38.8 Å². The van der Waals surface area contributed by atoms with Crippen molar-refractivity contribution in [3.05, 3.63) is 0 Å². The van der Waals surface area contributed by atoms with E-state index in [-0.39, 0.29) is 12.5 Å². The van der Waals surface area contributed by atoms with Gasteiger partial charge in [-0.1, -0.05) is 6.92 Å². The normalized spacial score (nSPS) is 18.6. The molecule has 0 aromatic rings. The van der Waals surface area contributed by atoms with Crippen LogP contribution in [0.25, 0.3) is 0 Å². The quantitative estimate of drug-likeness (QED) is 0.703. The van der Waals surface area contributed by atoms with Gasteiger partial charge in [0.15, 0.2) is 0 Å². The summed E-state index contributed by atoms with van der Waals surface area (Å²) in [4.78, 5) is 13.8. The van der Waals surface area contributed by atoms with Crippen LogP contribution in [0, 0.1) is 5.92 Å². The Balaban J connectivity index is 2.04. The number of nitrogens with one attached hydrogen (secondary N) is 1. The van der Waals surface area contributed by atoms with Crippen molar-refractivity contribution in [1.29, 1.82) is 0 Å². The number of carbonyl (C=O) groups is 1. The molecule has 1 heterocycles. The van der Waals surface area contributed by atoms with Crippen LogP contribution < -0.4 is 5.32 Å². The Kier molecular flexibility index (Phi) is 6.42. The van der Waals surface area contributed by atoms with Gasteiger partial charge in [-0.15, -0.1) is 0 Å². The smallest absolute Gasteiger partial charge is 0.246 e. The summed E-state index contributed by atoms with van der Waals surface area (Å²) in [6, 6.07) is 0. The first-order valence-corrected chi connectivity index (χ1v) is 6.29. The first-order chi connectivity index (χ1) is 7.72. The largest absolute Gasteiger partial charge is 0.372 e. The van der Waals surface area contributed by atoms with E-state index in [4.69, 9.17) is 4.74 Å². The lowest BCUT2D eigenvalue weighted by Crippen LogP contribution is -2.36. The summed E-state index contributed by atoms with van der Waals surface area (Å²) in [6.07, 6.45) is 2.65. The van der Waals surface area contributed by atoms with Crippen LogP contribution in [0.2, 0.25) is 0 Å². The number of hydrogen-bond acceptors (Lipinski definition) is 3. The van der Waals surface area contributed by atoms with E-state index < -0.39 is 0 Å². The van der Waals surface area contributed by atoms with E-state index in [0.29, 0.717) is 12.5 Å². The molecule has 1 aliphatic rings. The third-order valence-electron chi connectivity index (χ3n) is 2.85. The molecule has 94 valence electrons. The predicted molar refractivity (Wildman–Crippen MR) is 64.3 cm³/mol. The van der Waals surface area contributed by atoms with E-state index in [9.17, 15) is 4.79 Å². The zero-order valence-corrected chi connectivity index (χ0v) is 10.5. The molecule has 0 aromatic heterocycles. The summed E-state index contributed by atoms with van der Waals surface area (Å²) in [5.41, 5.74) is 0. The van der Waals surface area contributed by atoms with E-state index in [2.05, 4.69) is 17.1 Å². The summed E-state index contributed by atoms with van der Waals surface area (Å²) in [5.74, 6) is 0.513. The molecule has 1 amide bonds. The van der Waals surface area contributed by atoms with Gasteiger partial charge in [-0.2, -0.15) is 0 Å². The van der Waals surface area contributed by atoms with Crippen LogP contribution in [-0.2, 0) is 9.53 Å². The molecular formula is C12H24N2O2. The van der Waals surface area contributed by atoms with E-state index >= 15 is 0 Å². The molecule has 1 atom stereocenters. The average molecular weight is 228 g/mol. The maximum absolute atomic E-state index is 11.3. The highest BCUT2D eigenvalue weighted by molar-refractivity contribution is 5.77. The van der Waals surface area contributed by atoms with Crippen LogP contribution in [0.15, 0.2) is 0 Å². The van der Waals surface area contributed by atoms with Crippen LogP contribution in [0.1, 0.15) is 26.7 Å². The molecule has 1 N–H and O–H groups in total. The molecule has 0 aromatic carbocycles. The van der Waals surface area contributed by atoms with Crippen molar-refractivity contribution < 1.29 is 9.53 Å². The summed E-state index contributed by atoms with van der Waals surface area (Å²) in [7, 11) is 0. The first kappa shape index (κ1) is 13.5. The standard InChI is InChI=1S/C12H24N2O2/c1-3-16-10-12(15)13-8-11(2)9-14-6-4-5-7-14/h11H,3-10H2,1-2H3,(H,13,15). The Morgan fingerprint density at radius 2 is 2.12 bits per heavy atom. The lowest BCUT2D eigenvalue weighted by molar-refractivity contribution is -0.125. The van der Waals surface area contributed by atoms with Gasteiger partial charge in [-0.25, -0.2) is 0 Å². The Morgan fingerprint density at radius 1 is 1.44 bits per heavy atom. The van der Waals surface area contributed by atoms with Crippen molar-refractivity contribution in [1.82, 2.24) is 10.2 Å². The second-order valence-corrected chi connectivity index (χ2v) is 4.55. The topological polar surface area (TPSA) is 41.6 Å². The van der Waals surface area contributed by atoms with E-state index in [1.54, 1.807) is 0 Å². The molecule has 0 radical (unpaired) electrons. The molecule has 1 saturated heterocycles. The van der Waals surface area contributed by atoms with Gasteiger partial charge >= 0.3 is 0 Å². The van der Waals surface area contributed by atoms with Gasteiger partial charge in [0.05, 0.1) is 0 Å². The number of hydrogen-bond donors (Lipinski definition) is 1. The molecule has 0 spiro atoms. The number of nitrogens with zero attached hydrogens (tertiary/aromatic N) is 1. The summed E-state index contributed by atoms with van der Waals surface area (Å²) in [5, 5.41) is 2.90. The average Bonchev–Trinajstić information content (AvgIpc) is 2.76. The molecule has 1 aliphatic heterocycles. The lowest BCUT2D eigenvalue weighted by atomic mass is 10.1. The summed E-state index contributed by atoms with van der Waals surface area (Å²) < 4.78 is 5.04. The zero-order valence-electron chi connectivity index (χ0n) is 10.5. The van der Waals surface area contributed by atoms with Crippen molar-refractivity contribution in [3.63, 3.8) is 0 Å². The molecule has 0 saturated carbocycles. The fourth-order valence-electron chi connectivity index (χ4n) is 2.00. The number of carbonyl (C=O) groups excluding carboxylic acids is 1. The Hall–Kier alpha value is -0.610. The lowest BCUT2D eigenvalue weighted by Gasteiger charge is -2.20. The molecule has 4 heteroatoms. The van der Waals surface area contributed by atoms with Crippen molar-refractivity contribution in [3.8, 4) is 0 Å². The van der Waals surface area contributed by atoms with Crippen molar-refractivity contribution in [2.75, 3.05) is 39.4 Å². The van der Waals surface area contributed by atoms with Crippen LogP contribution in [0.3, 0.4) is 0 Å². The summed E-state index contributed by atoms with van der Waals surface area (Å²) in [6.45, 7) is 9.14. The van der Waals surface area contributed by atoms with Gasteiger partial charge in [0.2, 0.25) is 5.91 Å². The number of amides is 1. The SMILES string of the molecule is CCOCC(=O)NCC(C)CN1CCCC1. The van der Waals surface area contributed by atoms with Gasteiger partial charge in [0.1, 0.15) is 6.61 Å². The van der Waals surface area contributed by atoms with Crippen LogP contribution >= 0.6 is 0 Å². The molecule has 0 aliphatic carbocycles. The first-order valence-electron chi connectivity index (χ1n) is 6.29. The fraction of sp³-hybridized carbons (Fsp3) is 0.917. The van der Waals surface area contributed by atoms with Crippen LogP contribution in [0.5, 0.6) is 0 Å². The highest BCUT2D eigenvalue weighted by Gasteiger charge is 2.14. The van der Waals surface area contributed by atoms with Gasteiger partial charge in [0, 0.05) is 19.7 Å². The maximum atomic E-state index is 11.3. The molecule has 4 nitrogen and oxygen atoms in total. The second kappa shape index (κ2) is 7.63. The molecule has 16 heavy (non-hydrogen) atoms. The summed E-state index contributed by atoms with van der Waals surface area (Å²) >= 11 is 0. The Morgan fingerprint density at radius 3 is 2.75 bits per heavy atom. The van der Waals surface area contributed by atoms with E-state index in [1.165, 1.54) is 25.9 Å². The molecule has 1 unspecified atom stereocenters. The Labute approximate surface area is 98.3 Å². The molecule has 1 rings (SSSR count). The number of ether oxygens (including phenoxy) is 1. The highest BCUT2D eigenvalue weighted by Crippen LogP contribution is 2.09. The van der Waals surface area contributed by atoms with Gasteiger partial charge in [0.25, 0.3) is 0 Å². The zero-order chi connectivity index (χ0) is 11.8. The highest BCUT2D eigenvalue weighted by atomic mass is 16.5. The Bertz CT molecular complexity index is 203. The van der Waals surface area contributed by atoms with Crippen LogP contribution in [-0.4, -0.2) is 50.2 Å². The van der Waals surface area contributed by atoms with Crippen molar-refractivity contribution >= 4 is 5.91 Å². The monoisotopic (exact) mass is 228 g/mol. The minimum Gasteiger partial charge on any atom is -0.372 e. The maximum Gasteiger partial charge on any atom is 0.246 e. The third-order valence-corrected chi connectivity index (χ3v) is 2.85. The van der Waals surface area contributed by atoms with Crippen molar-refractivity contribution in [2.45, 2.75) is 26.7 Å². The predicted octanol–water partition coefficient (Wildman–Crippen LogP) is 0.871. The fourth-order valence-corrected chi connectivity index (χ4v) is 2.00. The minimum absolute atomic E-state index is 0.00452.